The first-order chi connectivity index (χ1) is 11.9. The number of imide groups is 2. The molecule has 3 rings (SSSR count). The highest BCUT2D eigenvalue weighted by Crippen LogP contribution is 2.25. The summed E-state index contributed by atoms with van der Waals surface area (Å²) in [5.74, 6) is -2.37. The summed E-state index contributed by atoms with van der Waals surface area (Å²) in [7, 11) is 0. The Kier molecular flexibility index (Phi) is 4.19. The zero-order valence-electron chi connectivity index (χ0n) is 12.3. The average molecular weight is 406 g/mol. The van der Waals surface area contributed by atoms with Crippen LogP contribution in [0.1, 0.15) is 5.76 Å². The summed E-state index contributed by atoms with van der Waals surface area (Å²) in [4.78, 5) is 47.2. The fourth-order valence-electron chi connectivity index (χ4n) is 2.14. The van der Waals surface area contributed by atoms with Gasteiger partial charge in [-0.2, -0.15) is 0 Å². The molecule has 0 unspecified atom stereocenters. The van der Waals surface area contributed by atoms with Crippen LogP contribution in [0.15, 0.2) is 50.9 Å². The second-order valence-electron chi connectivity index (χ2n) is 4.87. The van der Waals surface area contributed by atoms with Crippen LogP contribution in [0.2, 0.25) is 0 Å². The third-order valence-corrected chi connectivity index (χ3v) is 3.79. The van der Waals surface area contributed by atoms with Crippen molar-refractivity contribution in [2.75, 3.05) is 4.90 Å². The van der Waals surface area contributed by atoms with E-state index in [4.69, 9.17) is 4.42 Å². The molecular formula is C15H8BrN3O6. The van der Waals surface area contributed by atoms with Crippen molar-refractivity contribution in [3.8, 4) is 0 Å². The number of rotatable bonds is 3. The number of hydrogen-bond acceptors (Lipinski definition) is 6. The number of benzene rings is 1. The van der Waals surface area contributed by atoms with Crippen molar-refractivity contribution >= 4 is 51.4 Å². The van der Waals surface area contributed by atoms with E-state index in [0.717, 1.165) is 21.5 Å². The minimum atomic E-state index is -0.914. The number of anilines is 1. The first-order valence-electron chi connectivity index (χ1n) is 6.78. The zero-order valence-corrected chi connectivity index (χ0v) is 13.8. The maximum Gasteiger partial charge on any atom is 0.433 e. The highest BCUT2D eigenvalue weighted by Gasteiger charge is 2.37. The number of urea groups is 1. The SMILES string of the molecule is O=C1NC(=O)N(c2ccc(Br)cc2)C(=O)C1=Cc1ccc([N+](=O)[O-])o1. The van der Waals surface area contributed by atoms with Gasteiger partial charge >= 0.3 is 11.9 Å². The number of amides is 4. The van der Waals surface area contributed by atoms with Crippen molar-refractivity contribution < 1.29 is 23.7 Å². The summed E-state index contributed by atoms with van der Waals surface area (Å²) in [6.07, 6.45) is 1.04. The summed E-state index contributed by atoms with van der Waals surface area (Å²) in [6, 6.07) is 7.75. The maximum atomic E-state index is 12.6. The first kappa shape index (κ1) is 16.6. The average Bonchev–Trinajstić information content (AvgIpc) is 3.02. The van der Waals surface area contributed by atoms with Crippen LogP contribution in [-0.4, -0.2) is 22.8 Å². The van der Waals surface area contributed by atoms with Crippen LogP contribution in [0.4, 0.5) is 16.4 Å². The van der Waals surface area contributed by atoms with E-state index in [0.29, 0.717) is 0 Å². The van der Waals surface area contributed by atoms with Crippen LogP contribution < -0.4 is 10.2 Å². The first-order valence-corrected chi connectivity index (χ1v) is 7.57. The number of halogens is 1. The van der Waals surface area contributed by atoms with Crippen molar-refractivity contribution in [2.24, 2.45) is 0 Å². The Morgan fingerprint density at radius 3 is 2.40 bits per heavy atom. The predicted molar refractivity (Wildman–Crippen MR) is 88.5 cm³/mol. The molecule has 0 atom stereocenters. The quantitative estimate of drug-likeness (QED) is 0.362. The Labute approximate surface area is 148 Å². The molecule has 2 aromatic rings. The van der Waals surface area contributed by atoms with Gasteiger partial charge in [0, 0.05) is 4.47 Å². The molecule has 1 fully saturated rings. The largest absolute Gasteiger partial charge is 0.433 e. The topological polar surface area (TPSA) is 123 Å². The molecule has 1 aliphatic heterocycles. The van der Waals surface area contributed by atoms with Gasteiger partial charge in [0.1, 0.15) is 16.3 Å². The summed E-state index contributed by atoms with van der Waals surface area (Å²) in [5, 5.41) is 12.7. The molecule has 10 heteroatoms. The van der Waals surface area contributed by atoms with Crippen molar-refractivity contribution in [1.82, 2.24) is 5.32 Å². The number of nitrogens with zero attached hydrogens (tertiary/aromatic N) is 2. The van der Waals surface area contributed by atoms with E-state index < -0.39 is 28.7 Å². The highest BCUT2D eigenvalue weighted by atomic mass is 79.9. The molecule has 1 aromatic heterocycles. The molecule has 0 spiro atoms. The number of hydrogen-bond donors (Lipinski definition) is 1. The summed E-state index contributed by atoms with van der Waals surface area (Å²) in [5.41, 5.74) is -0.124. The van der Waals surface area contributed by atoms with E-state index in [1.807, 2.05) is 5.32 Å². The van der Waals surface area contributed by atoms with Gasteiger partial charge in [-0.3, -0.25) is 25.0 Å². The van der Waals surface area contributed by atoms with E-state index >= 15 is 0 Å². The van der Waals surface area contributed by atoms with Crippen molar-refractivity contribution in [3.05, 3.63) is 62.3 Å². The normalized spacial score (nSPS) is 16.3. The number of furan rings is 1. The van der Waals surface area contributed by atoms with Crippen molar-refractivity contribution in [3.63, 3.8) is 0 Å². The van der Waals surface area contributed by atoms with Gasteiger partial charge in [-0.05, 0) is 36.4 Å². The Morgan fingerprint density at radius 1 is 1.12 bits per heavy atom. The van der Waals surface area contributed by atoms with Gasteiger partial charge in [-0.25, -0.2) is 9.69 Å². The van der Waals surface area contributed by atoms with Crippen LogP contribution >= 0.6 is 15.9 Å². The molecule has 0 radical (unpaired) electrons. The number of nitro groups is 1. The fraction of sp³-hybridized carbons (Fsp3) is 0. The third kappa shape index (κ3) is 3.19. The molecule has 0 saturated carbocycles. The number of barbiturate groups is 1. The van der Waals surface area contributed by atoms with E-state index in [1.165, 1.54) is 18.2 Å². The molecule has 1 aromatic carbocycles. The van der Waals surface area contributed by atoms with E-state index in [1.54, 1.807) is 12.1 Å². The van der Waals surface area contributed by atoms with Gasteiger partial charge in [-0.1, -0.05) is 15.9 Å². The lowest BCUT2D eigenvalue weighted by Gasteiger charge is -2.26. The molecule has 2 heterocycles. The summed E-state index contributed by atoms with van der Waals surface area (Å²) in [6.45, 7) is 0. The minimum absolute atomic E-state index is 0.0599. The number of carbonyl (C=O) groups excluding carboxylic acids is 3. The standard InChI is InChI=1S/C15H8BrN3O6/c16-8-1-3-9(4-2-8)18-14(21)11(13(20)17-15(18)22)7-10-5-6-12(25-10)19(23)24/h1-7H,(H,17,20,22). The molecule has 9 nitrogen and oxygen atoms in total. The number of nitrogens with one attached hydrogen (secondary N) is 1. The molecular weight excluding hydrogens is 398 g/mol. The van der Waals surface area contributed by atoms with Gasteiger partial charge in [-0.15, -0.1) is 0 Å². The lowest BCUT2D eigenvalue weighted by Crippen LogP contribution is -2.54. The second kappa shape index (κ2) is 6.32. The van der Waals surface area contributed by atoms with Gasteiger partial charge in [0.2, 0.25) is 0 Å². The maximum absolute atomic E-state index is 12.6. The Balaban J connectivity index is 1.98. The van der Waals surface area contributed by atoms with Crippen LogP contribution in [0.3, 0.4) is 0 Å². The lowest BCUT2D eigenvalue weighted by atomic mass is 10.1. The Hall–Kier alpha value is -3.27. The van der Waals surface area contributed by atoms with E-state index in [-0.39, 0.29) is 17.0 Å². The summed E-state index contributed by atoms with van der Waals surface area (Å²) < 4.78 is 5.66. The predicted octanol–water partition coefficient (Wildman–Crippen LogP) is 2.62. The van der Waals surface area contributed by atoms with Gasteiger partial charge < -0.3 is 4.42 Å². The monoisotopic (exact) mass is 405 g/mol. The van der Waals surface area contributed by atoms with Crippen molar-refractivity contribution in [1.29, 1.82) is 0 Å². The molecule has 1 aliphatic rings. The van der Waals surface area contributed by atoms with Crippen LogP contribution in [0.25, 0.3) is 6.08 Å². The molecule has 1 saturated heterocycles. The molecule has 4 amide bonds. The third-order valence-electron chi connectivity index (χ3n) is 3.27. The van der Waals surface area contributed by atoms with Gasteiger partial charge in [0.05, 0.1) is 11.8 Å². The van der Waals surface area contributed by atoms with Gasteiger partial charge in [0.25, 0.3) is 11.8 Å². The zero-order chi connectivity index (χ0) is 18.1. The van der Waals surface area contributed by atoms with E-state index in [2.05, 4.69) is 15.9 Å². The van der Waals surface area contributed by atoms with Crippen LogP contribution in [0, 0.1) is 10.1 Å². The second-order valence-corrected chi connectivity index (χ2v) is 5.78. The lowest BCUT2D eigenvalue weighted by molar-refractivity contribution is -0.402. The molecule has 0 aliphatic carbocycles. The van der Waals surface area contributed by atoms with Crippen LogP contribution in [0.5, 0.6) is 0 Å². The highest BCUT2D eigenvalue weighted by molar-refractivity contribution is 9.10. The fourth-order valence-corrected chi connectivity index (χ4v) is 2.41. The summed E-state index contributed by atoms with van der Waals surface area (Å²) >= 11 is 3.24. The molecule has 1 N–H and O–H groups in total. The van der Waals surface area contributed by atoms with E-state index in [9.17, 15) is 24.5 Å². The molecule has 25 heavy (non-hydrogen) atoms. The van der Waals surface area contributed by atoms with Crippen molar-refractivity contribution in [2.45, 2.75) is 0 Å². The van der Waals surface area contributed by atoms with Gasteiger partial charge in [0.15, 0.2) is 0 Å². The molecule has 0 bridgehead atoms. The number of carbonyl (C=O) groups is 3. The smallest absolute Gasteiger partial charge is 0.401 e. The Bertz CT molecular complexity index is 931. The minimum Gasteiger partial charge on any atom is -0.401 e. The molecule has 126 valence electrons. The van der Waals surface area contributed by atoms with Crippen LogP contribution in [-0.2, 0) is 9.59 Å². The Morgan fingerprint density at radius 2 is 1.80 bits per heavy atom.